The molecule has 18 heavy (non-hydrogen) atoms. The summed E-state index contributed by atoms with van der Waals surface area (Å²) in [7, 11) is 0. The highest BCUT2D eigenvalue weighted by Gasteiger charge is 2.46. The molecular formula is C13H15ClN2O2. The molecule has 2 heterocycles. The fourth-order valence-electron chi connectivity index (χ4n) is 2.57. The molecule has 1 atom stereocenters. The number of ether oxygens (including phenoxy) is 1. The number of rotatable bonds is 2. The van der Waals surface area contributed by atoms with Gasteiger partial charge in [0.1, 0.15) is 5.60 Å². The largest absolute Gasteiger partial charge is 0.439 e. The average Bonchev–Trinajstić information content (AvgIpc) is 2.91. The third-order valence-electron chi connectivity index (χ3n) is 3.53. The number of halogens is 1. The van der Waals surface area contributed by atoms with Crippen molar-refractivity contribution in [2.24, 2.45) is 0 Å². The molecule has 2 saturated heterocycles. The van der Waals surface area contributed by atoms with Crippen LogP contribution in [0.5, 0.6) is 0 Å². The Morgan fingerprint density at radius 1 is 1.39 bits per heavy atom. The topological polar surface area (TPSA) is 41.6 Å². The molecule has 1 N–H and O–H groups in total. The summed E-state index contributed by atoms with van der Waals surface area (Å²) in [5.41, 5.74) is 0.767. The molecule has 1 spiro atoms. The van der Waals surface area contributed by atoms with Gasteiger partial charge in [0.05, 0.1) is 6.54 Å². The number of carbonyl (C=O) groups is 1. The van der Waals surface area contributed by atoms with Crippen LogP contribution in [0.2, 0.25) is 5.02 Å². The van der Waals surface area contributed by atoms with Crippen LogP contribution < -0.4 is 5.32 Å². The Labute approximate surface area is 111 Å². The van der Waals surface area contributed by atoms with Gasteiger partial charge in [0.2, 0.25) is 0 Å². The lowest BCUT2D eigenvalue weighted by atomic mass is 10.0. The van der Waals surface area contributed by atoms with E-state index >= 15 is 0 Å². The molecular weight excluding hydrogens is 252 g/mol. The fourth-order valence-corrected chi connectivity index (χ4v) is 2.69. The Morgan fingerprint density at radius 3 is 2.83 bits per heavy atom. The summed E-state index contributed by atoms with van der Waals surface area (Å²) in [6.07, 6.45) is 0.684. The van der Waals surface area contributed by atoms with Crippen LogP contribution in [0.3, 0.4) is 0 Å². The Bertz CT molecular complexity index is 455. The van der Waals surface area contributed by atoms with Crippen molar-refractivity contribution in [3.63, 3.8) is 0 Å². The molecule has 1 unspecified atom stereocenters. The molecule has 4 nitrogen and oxygen atoms in total. The van der Waals surface area contributed by atoms with E-state index in [1.807, 2.05) is 24.3 Å². The number of hydrogen-bond donors (Lipinski definition) is 1. The van der Waals surface area contributed by atoms with Crippen LogP contribution in [0.15, 0.2) is 24.3 Å². The minimum absolute atomic E-state index is 0.214. The highest BCUT2D eigenvalue weighted by atomic mass is 35.5. The summed E-state index contributed by atoms with van der Waals surface area (Å²) in [4.78, 5) is 13.6. The second-order valence-corrected chi connectivity index (χ2v) is 5.40. The molecule has 96 valence electrons. The first-order valence-corrected chi connectivity index (χ1v) is 6.48. The van der Waals surface area contributed by atoms with Crippen molar-refractivity contribution < 1.29 is 9.53 Å². The number of nitrogens with zero attached hydrogens (tertiary/aromatic N) is 1. The maximum Gasteiger partial charge on any atom is 0.410 e. The predicted molar refractivity (Wildman–Crippen MR) is 68.6 cm³/mol. The van der Waals surface area contributed by atoms with Gasteiger partial charge in [0.15, 0.2) is 0 Å². The van der Waals surface area contributed by atoms with Gasteiger partial charge in [-0.05, 0) is 24.2 Å². The number of amides is 1. The molecule has 0 bridgehead atoms. The van der Waals surface area contributed by atoms with E-state index < -0.39 is 0 Å². The summed E-state index contributed by atoms with van der Waals surface area (Å²) >= 11 is 5.84. The van der Waals surface area contributed by atoms with E-state index in [9.17, 15) is 4.79 Å². The third kappa shape index (κ3) is 2.18. The van der Waals surface area contributed by atoms with E-state index in [0.29, 0.717) is 18.1 Å². The molecule has 0 saturated carbocycles. The van der Waals surface area contributed by atoms with E-state index in [0.717, 1.165) is 25.1 Å². The minimum atomic E-state index is -0.302. The van der Waals surface area contributed by atoms with Gasteiger partial charge in [0.25, 0.3) is 0 Å². The van der Waals surface area contributed by atoms with E-state index in [1.54, 1.807) is 4.90 Å². The number of carbonyl (C=O) groups excluding carboxylic acids is 1. The summed E-state index contributed by atoms with van der Waals surface area (Å²) in [6, 6.07) is 7.55. The lowest BCUT2D eigenvalue weighted by Crippen LogP contribution is -2.36. The van der Waals surface area contributed by atoms with Crippen molar-refractivity contribution in [1.29, 1.82) is 0 Å². The van der Waals surface area contributed by atoms with Gasteiger partial charge in [-0.2, -0.15) is 0 Å². The van der Waals surface area contributed by atoms with Gasteiger partial charge < -0.3 is 10.1 Å². The minimum Gasteiger partial charge on any atom is -0.439 e. The molecule has 2 fully saturated rings. The van der Waals surface area contributed by atoms with Crippen molar-refractivity contribution >= 4 is 17.7 Å². The van der Waals surface area contributed by atoms with E-state index in [1.165, 1.54) is 0 Å². The van der Waals surface area contributed by atoms with Crippen molar-refractivity contribution in [2.45, 2.75) is 18.6 Å². The maximum absolute atomic E-state index is 11.9. The third-order valence-corrected chi connectivity index (χ3v) is 3.78. The first-order chi connectivity index (χ1) is 8.67. The van der Waals surface area contributed by atoms with Crippen LogP contribution in [0.25, 0.3) is 0 Å². The first kappa shape index (κ1) is 11.8. The summed E-state index contributed by atoms with van der Waals surface area (Å²) in [6.45, 7) is 2.93. The molecule has 0 radical (unpaired) electrons. The highest BCUT2D eigenvalue weighted by Crippen LogP contribution is 2.29. The zero-order valence-corrected chi connectivity index (χ0v) is 10.7. The van der Waals surface area contributed by atoms with Crippen molar-refractivity contribution in [3.05, 3.63) is 34.9 Å². The van der Waals surface area contributed by atoms with Gasteiger partial charge >= 0.3 is 6.09 Å². The van der Waals surface area contributed by atoms with Crippen molar-refractivity contribution in [3.8, 4) is 0 Å². The van der Waals surface area contributed by atoms with Gasteiger partial charge in [-0.25, -0.2) is 4.79 Å². The zero-order chi connectivity index (χ0) is 12.6. The van der Waals surface area contributed by atoms with E-state index in [2.05, 4.69) is 5.32 Å². The molecule has 5 heteroatoms. The zero-order valence-electron chi connectivity index (χ0n) is 9.99. The molecule has 1 aromatic rings. The Morgan fingerprint density at radius 2 is 2.17 bits per heavy atom. The number of benzene rings is 1. The van der Waals surface area contributed by atoms with Gasteiger partial charge in [-0.3, -0.25) is 4.90 Å². The van der Waals surface area contributed by atoms with Crippen LogP contribution in [0.1, 0.15) is 12.0 Å². The standard InChI is InChI=1S/C13H15ClN2O2/c14-11-3-1-10(2-4-11)7-16-9-13(18-12(16)17)5-6-15-8-13/h1-4,15H,5-9H2. The lowest BCUT2D eigenvalue weighted by Gasteiger charge is -2.19. The van der Waals surface area contributed by atoms with Crippen molar-refractivity contribution in [2.75, 3.05) is 19.6 Å². The van der Waals surface area contributed by atoms with Crippen LogP contribution in [0, 0.1) is 0 Å². The van der Waals surface area contributed by atoms with Crippen LogP contribution in [-0.4, -0.2) is 36.2 Å². The molecule has 0 aromatic heterocycles. The summed E-state index contributed by atoms with van der Waals surface area (Å²) in [5.74, 6) is 0. The highest BCUT2D eigenvalue weighted by molar-refractivity contribution is 6.30. The summed E-state index contributed by atoms with van der Waals surface area (Å²) in [5, 5.41) is 3.95. The lowest BCUT2D eigenvalue weighted by molar-refractivity contribution is 0.0727. The fraction of sp³-hybridized carbons (Fsp3) is 0.462. The Kier molecular flexibility index (Phi) is 2.92. The Hall–Kier alpha value is -1.26. The number of nitrogens with one attached hydrogen (secondary N) is 1. The SMILES string of the molecule is O=C1OC2(CCNC2)CN1Cc1ccc(Cl)cc1. The van der Waals surface area contributed by atoms with Gasteiger partial charge in [-0.15, -0.1) is 0 Å². The monoisotopic (exact) mass is 266 g/mol. The van der Waals surface area contributed by atoms with E-state index in [4.69, 9.17) is 16.3 Å². The maximum atomic E-state index is 11.9. The smallest absolute Gasteiger partial charge is 0.410 e. The number of hydrogen-bond acceptors (Lipinski definition) is 3. The van der Waals surface area contributed by atoms with Crippen LogP contribution >= 0.6 is 11.6 Å². The van der Waals surface area contributed by atoms with Crippen LogP contribution in [-0.2, 0) is 11.3 Å². The normalized spacial score (nSPS) is 26.9. The second kappa shape index (κ2) is 4.44. The quantitative estimate of drug-likeness (QED) is 0.891. The van der Waals surface area contributed by atoms with E-state index in [-0.39, 0.29) is 11.7 Å². The van der Waals surface area contributed by atoms with Gasteiger partial charge in [-0.1, -0.05) is 23.7 Å². The predicted octanol–water partition coefficient (Wildman–Crippen LogP) is 2.02. The van der Waals surface area contributed by atoms with Gasteiger partial charge in [0, 0.05) is 24.5 Å². The molecule has 3 rings (SSSR count). The molecule has 2 aliphatic heterocycles. The average molecular weight is 267 g/mol. The molecule has 1 aromatic carbocycles. The van der Waals surface area contributed by atoms with Crippen molar-refractivity contribution in [1.82, 2.24) is 10.2 Å². The first-order valence-electron chi connectivity index (χ1n) is 6.10. The Balaban J connectivity index is 1.70. The summed E-state index contributed by atoms with van der Waals surface area (Å²) < 4.78 is 5.52. The molecule has 2 aliphatic rings. The van der Waals surface area contributed by atoms with Crippen LogP contribution in [0.4, 0.5) is 4.79 Å². The second-order valence-electron chi connectivity index (χ2n) is 4.96. The molecule has 0 aliphatic carbocycles. The molecule has 1 amide bonds.